The van der Waals surface area contributed by atoms with Crippen LogP contribution in [0, 0.1) is 0 Å². The van der Waals surface area contributed by atoms with E-state index in [-0.39, 0.29) is 19.0 Å². The van der Waals surface area contributed by atoms with Gasteiger partial charge in [0.1, 0.15) is 5.75 Å². The number of rotatable bonds is 4. The topological polar surface area (TPSA) is 57.1 Å². The molecule has 0 fully saturated rings. The molecule has 0 aliphatic carbocycles. The van der Waals surface area contributed by atoms with Crippen molar-refractivity contribution in [1.82, 2.24) is 0 Å². The van der Waals surface area contributed by atoms with Crippen molar-refractivity contribution in [3.8, 4) is 17.2 Å². The van der Waals surface area contributed by atoms with Crippen LogP contribution in [0.1, 0.15) is 27.9 Å². The third kappa shape index (κ3) is 2.62. The van der Waals surface area contributed by atoms with Gasteiger partial charge < -0.3 is 14.2 Å². The predicted molar refractivity (Wildman–Crippen MR) is 89.6 cm³/mol. The lowest BCUT2D eigenvalue weighted by Gasteiger charge is -2.17. The maximum absolute atomic E-state index is 12.6. The molecule has 0 atom stereocenters. The van der Waals surface area contributed by atoms with Crippen molar-refractivity contribution in [3.05, 3.63) is 53.1 Å². The maximum atomic E-state index is 12.6. The number of hydrogen-bond donors (Lipinski definition) is 0. The molecule has 0 saturated carbocycles. The van der Waals surface area contributed by atoms with Gasteiger partial charge in [-0.05, 0) is 48.4 Å². The third-order valence-corrected chi connectivity index (χ3v) is 4.33. The first-order chi connectivity index (χ1) is 11.7. The molecule has 0 aromatic heterocycles. The number of ether oxygens (including phenoxy) is 3. The lowest BCUT2D eigenvalue weighted by Crippen LogP contribution is -2.17. The van der Waals surface area contributed by atoms with Crippen molar-refractivity contribution in [2.75, 3.05) is 20.4 Å². The molecule has 2 aliphatic rings. The number of benzene rings is 2. The molecule has 24 heavy (non-hydrogen) atoms. The molecule has 0 radical (unpaired) electrons. The summed E-state index contributed by atoms with van der Waals surface area (Å²) in [5, 5.41) is 0. The predicted octanol–water partition coefficient (Wildman–Crippen LogP) is 3.04. The van der Waals surface area contributed by atoms with E-state index in [0.29, 0.717) is 12.1 Å². The summed E-state index contributed by atoms with van der Waals surface area (Å²) >= 11 is 0. The molecule has 0 amide bonds. The first-order valence-corrected chi connectivity index (χ1v) is 7.88. The van der Waals surface area contributed by atoms with Crippen molar-refractivity contribution >= 4 is 11.5 Å². The average molecular weight is 323 g/mol. The Labute approximate surface area is 139 Å². The number of nitrogens with zero attached hydrogens (tertiary/aromatic N) is 1. The van der Waals surface area contributed by atoms with Crippen molar-refractivity contribution in [1.29, 1.82) is 0 Å². The van der Waals surface area contributed by atoms with Crippen molar-refractivity contribution < 1.29 is 19.0 Å². The summed E-state index contributed by atoms with van der Waals surface area (Å²) < 4.78 is 16.0. The minimum absolute atomic E-state index is 0.0434. The summed E-state index contributed by atoms with van der Waals surface area (Å²) in [7, 11) is 1.61. The van der Waals surface area contributed by atoms with Crippen molar-refractivity contribution in [3.63, 3.8) is 0 Å². The Bertz CT molecular complexity index is 824. The number of fused-ring (bicyclic) bond motifs is 2. The Morgan fingerprint density at radius 2 is 1.92 bits per heavy atom. The molecular formula is C19H17NO4. The summed E-state index contributed by atoms with van der Waals surface area (Å²) in [5.41, 5.74) is 3.63. The van der Waals surface area contributed by atoms with Gasteiger partial charge in [0.25, 0.3) is 0 Å². The second-order valence-electron chi connectivity index (χ2n) is 5.77. The Morgan fingerprint density at radius 1 is 1.17 bits per heavy atom. The Hall–Kier alpha value is -2.82. The number of hydrogen-bond acceptors (Lipinski definition) is 5. The molecule has 0 unspecified atom stereocenters. The van der Waals surface area contributed by atoms with E-state index in [1.54, 1.807) is 31.4 Å². The molecular weight excluding hydrogens is 306 g/mol. The minimum atomic E-state index is 0.0434. The molecule has 0 saturated heterocycles. The summed E-state index contributed by atoms with van der Waals surface area (Å²) in [6, 6.07) is 11.1. The van der Waals surface area contributed by atoms with E-state index in [2.05, 4.69) is 4.99 Å². The van der Waals surface area contributed by atoms with Gasteiger partial charge >= 0.3 is 0 Å². The van der Waals surface area contributed by atoms with Gasteiger partial charge in [0.15, 0.2) is 17.3 Å². The van der Waals surface area contributed by atoms with Crippen LogP contribution >= 0.6 is 0 Å². The maximum Gasteiger partial charge on any atom is 0.231 e. The second kappa shape index (κ2) is 6.00. The van der Waals surface area contributed by atoms with Gasteiger partial charge in [0, 0.05) is 17.7 Å². The molecule has 5 heteroatoms. The Balaban J connectivity index is 1.59. The van der Waals surface area contributed by atoms with Crippen LogP contribution in [0.15, 0.2) is 41.4 Å². The summed E-state index contributed by atoms with van der Waals surface area (Å²) in [5.74, 6) is 2.28. The normalized spacial score (nSPS) is 14.8. The second-order valence-corrected chi connectivity index (χ2v) is 5.77. The van der Waals surface area contributed by atoms with Gasteiger partial charge in [0.05, 0.1) is 19.2 Å². The largest absolute Gasteiger partial charge is 0.497 e. The molecule has 122 valence electrons. The zero-order chi connectivity index (χ0) is 16.5. The van der Waals surface area contributed by atoms with Gasteiger partial charge in [-0.25, -0.2) is 0 Å². The van der Waals surface area contributed by atoms with Crippen LogP contribution in [0.3, 0.4) is 0 Å². The first-order valence-electron chi connectivity index (χ1n) is 7.88. The smallest absolute Gasteiger partial charge is 0.231 e. The van der Waals surface area contributed by atoms with E-state index in [1.165, 1.54) is 0 Å². The number of aliphatic imine (C=N–C) groups is 1. The first kappa shape index (κ1) is 14.8. The van der Waals surface area contributed by atoms with Crippen LogP contribution in [0.25, 0.3) is 0 Å². The number of Topliss-reactive ketones (excluding diaryl/α,β-unsaturated/α-hetero) is 1. The standard InChI is InChI=1S/C19H17NO4/c1-22-14-4-2-12(3-5-14)17(21)10-16-15-9-19-18(23-11-24-19)8-13(15)6-7-20-16/h2-5,8-9H,6-7,10-11H2,1H3. The van der Waals surface area contributed by atoms with Gasteiger partial charge in [-0.1, -0.05) is 0 Å². The van der Waals surface area contributed by atoms with Crippen LogP contribution in [0.5, 0.6) is 17.2 Å². The third-order valence-electron chi connectivity index (χ3n) is 4.33. The van der Waals surface area contributed by atoms with Gasteiger partial charge in [-0.3, -0.25) is 9.79 Å². The van der Waals surface area contributed by atoms with Gasteiger partial charge in [-0.15, -0.1) is 0 Å². The molecule has 2 aliphatic heterocycles. The highest BCUT2D eigenvalue weighted by Gasteiger charge is 2.23. The fourth-order valence-electron chi connectivity index (χ4n) is 3.04. The van der Waals surface area contributed by atoms with Crippen LogP contribution in [0.4, 0.5) is 0 Å². The van der Waals surface area contributed by atoms with Gasteiger partial charge in [-0.2, -0.15) is 0 Å². The lowest BCUT2D eigenvalue weighted by molar-refractivity contribution is 0.100. The van der Waals surface area contributed by atoms with E-state index in [1.807, 2.05) is 12.1 Å². The summed E-state index contributed by atoms with van der Waals surface area (Å²) in [4.78, 5) is 17.1. The van der Waals surface area contributed by atoms with E-state index in [9.17, 15) is 4.79 Å². The van der Waals surface area contributed by atoms with E-state index >= 15 is 0 Å². The van der Waals surface area contributed by atoms with Gasteiger partial charge in [0.2, 0.25) is 6.79 Å². The van der Waals surface area contributed by atoms with Crippen molar-refractivity contribution in [2.24, 2.45) is 4.99 Å². The van der Waals surface area contributed by atoms with Crippen LogP contribution < -0.4 is 14.2 Å². The number of methoxy groups -OCH3 is 1. The SMILES string of the molecule is COc1ccc(C(=O)CC2=NCCc3cc4c(cc32)OCO4)cc1. The van der Waals surface area contributed by atoms with Crippen LogP contribution in [-0.2, 0) is 6.42 Å². The highest BCUT2D eigenvalue weighted by Crippen LogP contribution is 2.36. The van der Waals surface area contributed by atoms with Crippen molar-refractivity contribution in [2.45, 2.75) is 12.8 Å². The Kier molecular flexibility index (Phi) is 3.69. The molecule has 2 aromatic carbocycles. The van der Waals surface area contributed by atoms with E-state index < -0.39 is 0 Å². The number of ketones is 1. The fraction of sp³-hybridized carbons (Fsp3) is 0.263. The monoisotopic (exact) mass is 323 g/mol. The lowest BCUT2D eigenvalue weighted by atomic mass is 9.93. The fourth-order valence-corrected chi connectivity index (χ4v) is 3.04. The summed E-state index contributed by atoms with van der Waals surface area (Å²) in [6.45, 7) is 0.938. The van der Waals surface area contributed by atoms with Crippen LogP contribution in [0.2, 0.25) is 0 Å². The molecule has 2 heterocycles. The molecule has 5 nitrogen and oxygen atoms in total. The molecule has 4 rings (SSSR count). The molecule has 0 spiro atoms. The molecule has 2 aromatic rings. The number of carbonyl (C=O) groups is 1. The average Bonchev–Trinajstić information content (AvgIpc) is 3.07. The Morgan fingerprint density at radius 3 is 2.67 bits per heavy atom. The van der Waals surface area contributed by atoms with Crippen LogP contribution in [-0.4, -0.2) is 31.9 Å². The van der Waals surface area contributed by atoms with E-state index in [4.69, 9.17) is 14.2 Å². The molecule has 0 bridgehead atoms. The van der Waals surface area contributed by atoms with E-state index in [0.717, 1.165) is 40.5 Å². The quantitative estimate of drug-likeness (QED) is 0.812. The number of carbonyl (C=O) groups excluding carboxylic acids is 1. The minimum Gasteiger partial charge on any atom is -0.497 e. The highest BCUT2D eigenvalue weighted by molar-refractivity contribution is 6.16. The highest BCUT2D eigenvalue weighted by atomic mass is 16.7. The zero-order valence-corrected chi connectivity index (χ0v) is 13.4. The summed E-state index contributed by atoms with van der Waals surface area (Å²) in [6.07, 6.45) is 1.13. The zero-order valence-electron chi connectivity index (χ0n) is 13.4. The molecule has 0 N–H and O–H groups in total.